The van der Waals surface area contributed by atoms with Crippen molar-refractivity contribution >= 4 is 11.7 Å². The van der Waals surface area contributed by atoms with Crippen molar-refractivity contribution in [3.05, 3.63) is 58.7 Å². The molecule has 1 heterocycles. The van der Waals surface area contributed by atoms with Crippen LogP contribution in [0.1, 0.15) is 38.3 Å². The van der Waals surface area contributed by atoms with Crippen molar-refractivity contribution in [1.82, 2.24) is 5.32 Å². The zero-order valence-corrected chi connectivity index (χ0v) is 12.5. The first kappa shape index (κ1) is 15.1. The summed E-state index contributed by atoms with van der Waals surface area (Å²) >= 11 is 0. The number of benzene rings is 2. The number of aryl methyl sites for hydroxylation is 1. The fourth-order valence-corrected chi connectivity index (χ4v) is 2.86. The van der Waals surface area contributed by atoms with Crippen molar-refractivity contribution in [1.29, 1.82) is 0 Å². The largest absolute Gasteiger partial charge is 0.508 e. The summed E-state index contributed by atoms with van der Waals surface area (Å²) in [7, 11) is 0. The topological polar surface area (TPSA) is 86.6 Å². The van der Waals surface area contributed by atoms with Crippen LogP contribution in [0.25, 0.3) is 0 Å². The Balaban J connectivity index is 0.000000136. The molecule has 1 aliphatic heterocycles. The average molecular weight is 311 g/mol. The number of fused-ring (bicyclic) bond motifs is 2. The van der Waals surface area contributed by atoms with Gasteiger partial charge in [-0.25, -0.2) is 0 Å². The van der Waals surface area contributed by atoms with Crippen LogP contribution in [0.3, 0.4) is 0 Å². The minimum absolute atomic E-state index is 0.0451. The van der Waals surface area contributed by atoms with Gasteiger partial charge in [0, 0.05) is 24.1 Å². The van der Waals surface area contributed by atoms with Gasteiger partial charge in [-0.15, -0.1) is 0 Å². The van der Waals surface area contributed by atoms with Crippen LogP contribution >= 0.6 is 0 Å². The molecule has 0 bridgehead atoms. The van der Waals surface area contributed by atoms with E-state index in [1.54, 1.807) is 30.3 Å². The zero-order valence-electron chi connectivity index (χ0n) is 12.5. The fraction of sp³-hybridized carbons (Fsp3) is 0.222. The Hall–Kier alpha value is -2.82. The molecule has 0 unspecified atom stereocenters. The van der Waals surface area contributed by atoms with Gasteiger partial charge < -0.3 is 15.5 Å². The van der Waals surface area contributed by atoms with E-state index in [0.717, 1.165) is 29.5 Å². The molecular weight excluding hydrogens is 294 g/mol. The summed E-state index contributed by atoms with van der Waals surface area (Å²) in [6.45, 7) is 0.662. The van der Waals surface area contributed by atoms with Gasteiger partial charge in [-0.1, -0.05) is 0 Å². The average Bonchev–Trinajstić information content (AvgIpc) is 2.88. The van der Waals surface area contributed by atoms with Gasteiger partial charge in [-0.2, -0.15) is 0 Å². The molecule has 0 saturated carbocycles. The molecule has 118 valence electrons. The zero-order chi connectivity index (χ0) is 16.4. The third kappa shape index (κ3) is 3.18. The smallest absolute Gasteiger partial charge is 0.251 e. The second-order valence-corrected chi connectivity index (χ2v) is 5.61. The molecule has 0 saturated heterocycles. The van der Waals surface area contributed by atoms with E-state index in [-0.39, 0.29) is 23.2 Å². The highest BCUT2D eigenvalue weighted by molar-refractivity contribution is 6.00. The van der Waals surface area contributed by atoms with Gasteiger partial charge in [-0.3, -0.25) is 9.59 Å². The molecular formula is C18H17NO4. The number of Topliss-reactive ketones (excluding diaryl/α,β-unsaturated/α-hetero) is 1. The number of hydrogen-bond acceptors (Lipinski definition) is 4. The summed E-state index contributed by atoms with van der Waals surface area (Å²) < 4.78 is 0. The predicted molar refractivity (Wildman–Crippen MR) is 84.9 cm³/mol. The second-order valence-electron chi connectivity index (χ2n) is 5.61. The number of carbonyl (C=O) groups is 2. The van der Waals surface area contributed by atoms with Crippen molar-refractivity contribution in [3.8, 4) is 11.5 Å². The molecule has 0 fully saturated rings. The summed E-state index contributed by atoms with van der Waals surface area (Å²) in [5.41, 5.74) is 3.37. The van der Waals surface area contributed by atoms with E-state index in [2.05, 4.69) is 5.32 Å². The Labute approximate surface area is 133 Å². The maximum atomic E-state index is 11.2. The van der Waals surface area contributed by atoms with Gasteiger partial charge in [0.2, 0.25) is 0 Å². The van der Waals surface area contributed by atoms with Gasteiger partial charge in [0.25, 0.3) is 5.91 Å². The highest BCUT2D eigenvalue weighted by Crippen LogP contribution is 2.25. The SMILES string of the molecule is O=C1CCc2cc(O)ccc21.O=C1NCCc2cc(O)ccc21. The monoisotopic (exact) mass is 311 g/mol. The van der Waals surface area contributed by atoms with Crippen LogP contribution in [-0.4, -0.2) is 28.4 Å². The lowest BCUT2D eigenvalue weighted by Crippen LogP contribution is -2.31. The quantitative estimate of drug-likeness (QED) is 0.696. The predicted octanol–water partition coefficient (Wildman–Crippen LogP) is 2.20. The van der Waals surface area contributed by atoms with Crippen LogP contribution in [0.5, 0.6) is 11.5 Å². The molecule has 0 atom stereocenters. The fourth-order valence-electron chi connectivity index (χ4n) is 2.86. The van der Waals surface area contributed by atoms with Crippen LogP contribution in [0.4, 0.5) is 0 Å². The number of aromatic hydroxyl groups is 2. The normalized spacial score (nSPS) is 15.1. The molecule has 2 aromatic carbocycles. The van der Waals surface area contributed by atoms with E-state index < -0.39 is 0 Å². The first-order valence-corrected chi connectivity index (χ1v) is 7.50. The van der Waals surface area contributed by atoms with Crippen LogP contribution in [-0.2, 0) is 12.8 Å². The molecule has 1 amide bonds. The highest BCUT2D eigenvalue weighted by Gasteiger charge is 2.18. The summed E-state index contributed by atoms with van der Waals surface area (Å²) in [6.07, 6.45) is 2.18. The van der Waals surface area contributed by atoms with Gasteiger partial charge >= 0.3 is 0 Å². The number of rotatable bonds is 0. The summed E-state index contributed by atoms with van der Waals surface area (Å²) in [4.78, 5) is 22.3. The number of ketones is 1. The molecule has 23 heavy (non-hydrogen) atoms. The van der Waals surface area contributed by atoms with Crippen molar-refractivity contribution in [2.24, 2.45) is 0 Å². The molecule has 0 radical (unpaired) electrons. The van der Waals surface area contributed by atoms with E-state index in [4.69, 9.17) is 10.2 Å². The van der Waals surface area contributed by atoms with E-state index in [9.17, 15) is 9.59 Å². The Bertz CT molecular complexity index is 783. The van der Waals surface area contributed by atoms with E-state index >= 15 is 0 Å². The summed E-state index contributed by atoms with van der Waals surface area (Å²) in [5.74, 6) is 0.623. The number of carbonyl (C=O) groups excluding carboxylic acids is 2. The molecule has 5 heteroatoms. The maximum Gasteiger partial charge on any atom is 0.251 e. The summed E-state index contributed by atoms with van der Waals surface area (Å²) in [5, 5.41) is 21.0. The number of hydrogen-bond donors (Lipinski definition) is 3. The minimum atomic E-state index is -0.0451. The Morgan fingerprint density at radius 1 is 0.783 bits per heavy atom. The van der Waals surface area contributed by atoms with E-state index in [1.807, 2.05) is 0 Å². The third-order valence-corrected chi connectivity index (χ3v) is 4.02. The van der Waals surface area contributed by atoms with Gasteiger partial charge in [0.15, 0.2) is 5.78 Å². The number of phenolic OH excluding ortho intramolecular Hbond substituents is 2. The van der Waals surface area contributed by atoms with E-state index in [1.165, 1.54) is 6.07 Å². The van der Waals surface area contributed by atoms with Crippen molar-refractivity contribution in [2.45, 2.75) is 19.3 Å². The van der Waals surface area contributed by atoms with Crippen LogP contribution in [0.2, 0.25) is 0 Å². The van der Waals surface area contributed by atoms with Crippen molar-refractivity contribution in [3.63, 3.8) is 0 Å². The summed E-state index contributed by atoms with van der Waals surface area (Å²) in [6, 6.07) is 9.75. The Kier molecular flexibility index (Phi) is 4.02. The lowest BCUT2D eigenvalue weighted by Gasteiger charge is -2.15. The highest BCUT2D eigenvalue weighted by atomic mass is 16.3. The lowest BCUT2D eigenvalue weighted by molar-refractivity contribution is 0.0944. The van der Waals surface area contributed by atoms with Gasteiger partial charge in [0.1, 0.15) is 11.5 Å². The molecule has 2 aliphatic rings. The van der Waals surface area contributed by atoms with Crippen LogP contribution < -0.4 is 5.32 Å². The minimum Gasteiger partial charge on any atom is -0.508 e. The first-order valence-electron chi connectivity index (χ1n) is 7.50. The van der Waals surface area contributed by atoms with Crippen LogP contribution in [0, 0.1) is 0 Å². The standard InChI is InChI=1S/C9H9NO2.C9H8O2/c11-7-1-2-8-6(5-7)3-4-10-9(8)12;10-7-2-3-8-6(5-7)1-4-9(8)11/h1-2,5,11H,3-4H2,(H,10,12);2-3,5,10H,1,4H2. The first-order chi connectivity index (χ1) is 11.0. The van der Waals surface area contributed by atoms with Gasteiger partial charge in [0.05, 0.1) is 0 Å². The van der Waals surface area contributed by atoms with Crippen molar-refractivity contribution < 1.29 is 19.8 Å². The number of phenols is 2. The Morgan fingerprint density at radius 2 is 1.39 bits per heavy atom. The molecule has 3 N–H and O–H groups in total. The number of amides is 1. The molecule has 5 nitrogen and oxygen atoms in total. The molecule has 4 rings (SSSR count). The molecule has 0 spiro atoms. The van der Waals surface area contributed by atoms with Crippen molar-refractivity contribution in [2.75, 3.05) is 6.54 Å². The van der Waals surface area contributed by atoms with Crippen LogP contribution in [0.15, 0.2) is 36.4 Å². The molecule has 1 aliphatic carbocycles. The molecule has 0 aromatic heterocycles. The maximum absolute atomic E-state index is 11.2. The Morgan fingerprint density at radius 3 is 2.09 bits per heavy atom. The lowest BCUT2D eigenvalue weighted by atomic mass is 10.0. The number of nitrogens with one attached hydrogen (secondary N) is 1. The van der Waals surface area contributed by atoms with Gasteiger partial charge in [-0.05, 0) is 60.4 Å². The second kappa shape index (κ2) is 6.12. The third-order valence-electron chi connectivity index (χ3n) is 4.02. The molecule has 2 aromatic rings. The van der Waals surface area contributed by atoms with E-state index in [0.29, 0.717) is 18.5 Å².